The standard InChI is InChI=1S/C26H36N2O5S/c1-15(2)11-26(24(31)32)12-18(14-29)21(22-27-13-16(3)34-22)28(26)23(30)17-8-9-19(25(4,5)6)20(10-17)33-7/h8-10,13,15,18,21,29H,11-12,14H2,1-7H3,(H,31,32)/t18-,21-,26+/m1/s1. The van der Waals surface area contributed by atoms with E-state index in [9.17, 15) is 19.8 Å². The number of ether oxygens (including phenoxy) is 1. The zero-order valence-electron chi connectivity index (χ0n) is 21.1. The maximum Gasteiger partial charge on any atom is 0.329 e. The molecule has 2 N–H and O–H groups in total. The highest BCUT2D eigenvalue weighted by atomic mass is 32.1. The van der Waals surface area contributed by atoms with Gasteiger partial charge in [-0.05, 0) is 48.8 Å². The molecule has 34 heavy (non-hydrogen) atoms. The fraction of sp³-hybridized carbons (Fsp3) is 0.577. The van der Waals surface area contributed by atoms with Crippen LogP contribution < -0.4 is 4.74 Å². The SMILES string of the molecule is COc1cc(C(=O)N2[C@@H](c3ncc(C)s3)[C@@H](CO)C[C@@]2(CC(C)C)C(=O)O)ccc1C(C)(C)C. The van der Waals surface area contributed by atoms with E-state index < -0.39 is 29.4 Å². The van der Waals surface area contributed by atoms with Crippen molar-refractivity contribution in [3.63, 3.8) is 0 Å². The lowest BCUT2D eigenvalue weighted by atomic mass is 9.83. The van der Waals surface area contributed by atoms with E-state index in [1.54, 1.807) is 25.4 Å². The van der Waals surface area contributed by atoms with Gasteiger partial charge in [0.1, 0.15) is 16.3 Å². The summed E-state index contributed by atoms with van der Waals surface area (Å²) < 4.78 is 5.61. The number of carbonyl (C=O) groups is 2. The third-order valence-electron chi connectivity index (χ3n) is 6.53. The second kappa shape index (κ2) is 9.66. The molecule has 0 aliphatic carbocycles. The Balaban J connectivity index is 2.21. The van der Waals surface area contributed by atoms with Crippen molar-refractivity contribution in [2.45, 2.75) is 71.4 Å². The van der Waals surface area contributed by atoms with Gasteiger partial charge in [-0.15, -0.1) is 11.3 Å². The number of likely N-dealkylation sites (tertiary alicyclic amines) is 1. The summed E-state index contributed by atoms with van der Waals surface area (Å²) in [5.41, 5.74) is -0.318. The Morgan fingerprint density at radius 1 is 1.32 bits per heavy atom. The predicted molar refractivity (Wildman–Crippen MR) is 132 cm³/mol. The molecule has 0 spiro atoms. The van der Waals surface area contributed by atoms with E-state index in [0.717, 1.165) is 10.4 Å². The van der Waals surface area contributed by atoms with Gasteiger partial charge in [0.2, 0.25) is 0 Å². The summed E-state index contributed by atoms with van der Waals surface area (Å²) >= 11 is 1.43. The average molecular weight is 489 g/mol. The molecule has 1 aromatic heterocycles. The largest absolute Gasteiger partial charge is 0.496 e. The van der Waals surface area contributed by atoms with E-state index in [-0.39, 0.29) is 30.8 Å². The van der Waals surface area contributed by atoms with E-state index in [1.165, 1.54) is 16.2 Å². The van der Waals surface area contributed by atoms with E-state index in [1.807, 2.05) is 26.8 Å². The van der Waals surface area contributed by atoms with Crippen molar-refractivity contribution in [1.82, 2.24) is 9.88 Å². The number of benzene rings is 1. The summed E-state index contributed by atoms with van der Waals surface area (Å²) in [5, 5.41) is 21.4. The topological polar surface area (TPSA) is 100.0 Å². The first-order chi connectivity index (χ1) is 15.9. The Labute approximate surface area is 205 Å². The van der Waals surface area contributed by atoms with E-state index in [4.69, 9.17) is 4.74 Å². The number of methoxy groups -OCH3 is 1. The maximum absolute atomic E-state index is 14.1. The summed E-state index contributed by atoms with van der Waals surface area (Å²) in [6, 6.07) is 4.68. The number of rotatable bonds is 7. The van der Waals surface area contributed by atoms with Gasteiger partial charge < -0.3 is 19.8 Å². The van der Waals surface area contributed by atoms with Gasteiger partial charge in [0.15, 0.2) is 0 Å². The molecule has 3 atom stereocenters. The molecule has 7 nitrogen and oxygen atoms in total. The third-order valence-corrected chi connectivity index (χ3v) is 7.52. The third kappa shape index (κ3) is 4.70. The highest BCUT2D eigenvalue weighted by Crippen LogP contribution is 2.51. The molecule has 1 fully saturated rings. The molecule has 0 radical (unpaired) electrons. The van der Waals surface area contributed by atoms with E-state index in [0.29, 0.717) is 16.3 Å². The number of carbonyl (C=O) groups excluding carboxylic acids is 1. The van der Waals surface area contributed by atoms with Crippen LogP contribution >= 0.6 is 11.3 Å². The Hall–Kier alpha value is -2.45. The monoisotopic (exact) mass is 488 g/mol. The molecule has 1 aliphatic rings. The van der Waals surface area contributed by atoms with Crippen LogP contribution in [-0.2, 0) is 10.2 Å². The Bertz CT molecular complexity index is 1060. The minimum atomic E-state index is -1.45. The number of aliphatic hydroxyl groups is 1. The lowest BCUT2D eigenvalue weighted by Gasteiger charge is -2.39. The number of aromatic nitrogens is 1. The number of hydrogen-bond donors (Lipinski definition) is 2. The number of thiazole rings is 1. The first-order valence-corrected chi connectivity index (χ1v) is 12.5. The van der Waals surface area contributed by atoms with Gasteiger partial charge in [-0.2, -0.15) is 0 Å². The summed E-state index contributed by atoms with van der Waals surface area (Å²) in [4.78, 5) is 33.9. The normalized spacial score (nSPS) is 22.9. The molecule has 186 valence electrons. The predicted octanol–water partition coefficient (Wildman–Crippen LogP) is 4.82. The fourth-order valence-corrected chi connectivity index (χ4v) is 6.10. The van der Waals surface area contributed by atoms with Crippen molar-refractivity contribution in [2.75, 3.05) is 13.7 Å². The zero-order chi connectivity index (χ0) is 25.4. The summed E-state index contributed by atoms with van der Waals surface area (Å²) in [7, 11) is 1.57. The quantitative estimate of drug-likeness (QED) is 0.579. The van der Waals surface area contributed by atoms with Crippen molar-refractivity contribution >= 4 is 23.2 Å². The van der Waals surface area contributed by atoms with Crippen LogP contribution in [0.4, 0.5) is 0 Å². The number of carboxylic acid groups (broad SMARTS) is 1. The van der Waals surface area contributed by atoms with Gasteiger partial charge in [0.25, 0.3) is 5.91 Å². The van der Waals surface area contributed by atoms with E-state index in [2.05, 4.69) is 25.8 Å². The molecule has 2 heterocycles. The highest BCUT2D eigenvalue weighted by molar-refractivity contribution is 7.11. The minimum absolute atomic E-state index is 0.0281. The van der Waals surface area contributed by atoms with Gasteiger partial charge in [-0.1, -0.05) is 40.7 Å². The smallest absolute Gasteiger partial charge is 0.329 e. The van der Waals surface area contributed by atoms with Crippen molar-refractivity contribution in [2.24, 2.45) is 11.8 Å². The van der Waals surface area contributed by atoms with Gasteiger partial charge in [0.05, 0.1) is 13.2 Å². The second-order valence-corrected chi connectivity index (χ2v) is 11.9. The van der Waals surface area contributed by atoms with Crippen LogP contribution in [0.3, 0.4) is 0 Å². The highest BCUT2D eigenvalue weighted by Gasteiger charge is 2.59. The molecule has 0 bridgehead atoms. The molecule has 2 aromatic rings. The maximum atomic E-state index is 14.1. The van der Waals surface area contributed by atoms with Crippen LogP contribution in [0.25, 0.3) is 0 Å². The minimum Gasteiger partial charge on any atom is -0.496 e. The number of nitrogens with zero attached hydrogens (tertiary/aromatic N) is 2. The van der Waals surface area contributed by atoms with Crippen molar-refractivity contribution < 1.29 is 24.5 Å². The Morgan fingerprint density at radius 2 is 2.00 bits per heavy atom. The number of amides is 1. The van der Waals surface area contributed by atoms with Crippen LogP contribution in [0, 0.1) is 18.8 Å². The first kappa shape index (κ1) is 26.2. The molecule has 1 aromatic carbocycles. The van der Waals surface area contributed by atoms with Crippen molar-refractivity contribution in [3.05, 3.63) is 45.4 Å². The molecule has 8 heteroatoms. The van der Waals surface area contributed by atoms with Crippen LogP contribution in [0.15, 0.2) is 24.4 Å². The molecule has 1 amide bonds. The van der Waals surface area contributed by atoms with Crippen LogP contribution in [0.1, 0.15) is 79.3 Å². The molecule has 0 unspecified atom stereocenters. The number of hydrogen-bond acceptors (Lipinski definition) is 6. The lowest BCUT2D eigenvalue weighted by Crippen LogP contribution is -2.54. The second-order valence-electron chi connectivity index (χ2n) is 10.7. The van der Waals surface area contributed by atoms with Gasteiger partial charge >= 0.3 is 5.97 Å². The van der Waals surface area contributed by atoms with Crippen molar-refractivity contribution in [1.29, 1.82) is 0 Å². The molecule has 1 aliphatic heterocycles. The Kier molecular flexibility index (Phi) is 7.43. The number of aliphatic hydroxyl groups excluding tert-OH is 1. The molecule has 1 saturated heterocycles. The van der Waals surface area contributed by atoms with Crippen molar-refractivity contribution in [3.8, 4) is 5.75 Å². The number of carboxylic acids is 1. The van der Waals surface area contributed by atoms with E-state index >= 15 is 0 Å². The number of aliphatic carboxylic acids is 1. The Morgan fingerprint density at radius 3 is 2.47 bits per heavy atom. The van der Waals surface area contributed by atoms with Gasteiger partial charge in [0, 0.05) is 29.2 Å². The zero-order valence-corrected chi connectivity index (χ0v) is 21.9. The molecule has 0 saturated carbocycles. The summed E-state index contributed by atoms with van der Waals surface area (Å²) in [6.45, 7) is 11.8. The molecular formula is C26H36N2O5S. The van der Waals surface area contributed by atoms with Gasteiger partial charge in [-0.3, -0.25) is 4.79 Å². The summed E-state index contributed by atoms with van der Waals surface area (Å²) in [6.07, 6.45) is 2.17. The summed E-state index contributed by atoms with van der Waals surface area (Å²) in [5.74, 6) is -1.26. The molecule has 3 rings (SSSR count). The fourth-order valence-electron chi connectivity index (χ4n) is 5.14. The number of aryl methyl sites for hydroxylation is 1. The average Bonchev–Trinajstić information content (AvgIpc) is 3.32. The van der Waals surface area contributed by atoms with Crippen LogP contribution in [0.2, 0.25) is 0 Å². The lowest BCUT2D eigenvalue weighted by molar-refractivity contribution is -0.150. The van der Waals surface area contributed by atoms with Gasteiger partial charge in [-0.25, -0.2) is 9.78 Å². The van der Waals surface area contributed by atoms with Crippen LogP contribution in [0.5, 0.6) is 5.75 Å². The van der Waals surface area contributed by atoms with Crippen LogP contribution in [-0.4, -0.2) is 51.2 Å². The molecular weight excluding hydrogens is 452 g/mol. The first-order valence-electron chi connectivity index (χ1n) is 11.6.